The summed E-state index contributed by atoms with van der Waals surface area (Å²) < 4.78 is 13.6. The number of nitrogens with one attached hydrogen (secondary N) is 1. The molecule has 0 radical (unpaired) electrons. The molecule has 0 aliphatic rings. The average Bonchev–Trinajstić information content (AvgIpc) is 2.35. The Labute approximate surface area is 110 Å². The number of nitrogens with zero attached hydrogens (tertiary/aromatic N) is 2. The number of rotatable bonds is 4. The lowest BCUT2D eigenvalue weighted by atomic mass is 10.2. The summed E-state index contributed by atoms with van der Waals surface area (Å²) in [5, 5.41) is 3.27. The minimum atomic E-state index is -0.370. The second kappa shape index (κ2) is 5.89. The molecule has 0 amide bonds. The van der Waals surface area contributed by atoms with Crippen molar-refractivity contribution in [3.05, 3.63) is 58.4 Å². The van der Waals surface area contributed by atoms with E-state index in [1.807, 2.05) is 13.0 Å². The number of halogens is 2. The first kappa shape index (κ1) is 12.9. The van der Waals surface area contributed by atoms with Crippen LogP contribution in [0.1, 0.15) is 17.1 Å². The molecule has 0 spiro atoms. The summed E-state index contributed by atoms with van der Waals surface area (Å²) in [5.74, 6) is 0.355. The summed E-state index contributed by atoms with van der Waals surface area (Å²) >= 11 is 5.71. The van der Waals surface area contributed by atoms with Crippen LogP contribution in [-0.4, -0.2) is 9.97 Å². The van der Waals surface area contributed by atoms with E-state index in [9.17, 15) is 4.39 Å². The number of aromatic nitrogens is 2. The highest BCUT2D eigenvalue weighted by Crippen LogP contribution is 2.17. The molecule has 0 aliphatic carbocycles. The minimum absolute atomic E-state index is 0.146. The second-order valence-electron chi connectivity index (χ2n) is 3.91. The van der Waals surface area contributed by atoms with Crippen LogP contribution >= 0.6 is 11.6 Å². The molecular weight excluding hydrogens is 253 g/mol. The quantitative estimate of drug-likeness (QED) is 0.924. The van der Waals surface area contributed by atoms with Gasteiger partial charge in [-0.1, -0.05) is 23.7 Å². The molecule has 94 valence electrons. The summed E-state index contributed by atoms with van der Waals surface area (Å²) in [6.07, 6.45) is 1.71. The van der Waals surface area contributed by atoms with E-state index in [0.29, 0.717) is 18.7 Å². The van der Waals surface area contributed by atoms with Gasteiger partial charge in [-0.05, 0) is 19.1 Å². The van der Waals surface area contributed by atoms with Crippen LogP contribution < -0.4 is 5.32 Å². The smallest absolute Gasteiger partial charge is 0.146 e. The van der Waals surface area contributed by atoms with Gasteiger partial charge in [0.05, 0.1) is 10.7 Å². The van der Waals surface area contributed by atoms with Crippen molar-refractivity contribution in [2.24, 2.45) is 0 Å². The third-order valence-corrected chi connectivity index (χ3v) is 2.78. The van der Waals surface area contributed by atoms with Gasteiger partial charge in [-0.3, -0.25) is 0 Å². The average molecular weight is 266 g/mol. The Kier molecular flexibility index (Phi) is 4.23. The maximum Gasteiger partial charge on any atom is 0.146 e. The summed E-state index contributed by atoms with van der Waals surface area (Å²) in [4.78, 5) is 8.27. The van der Waals surface area contributed by atoms with Crippen LogP contribution in [0.25, 0.3) is 0 Å². The zero-order valence-corrected chi connectivity index (χ0v) is 10.7. The normalized spacial score (nSPS) is 10.6. The van der Waals surface area contributed by atoms with Gasteiger partial charge in [0, 0.05) is 24.8 Å². The number of benzene rings is 1. The molecule has 0 aliphatic heterocycles. The topological polar surface area (TPSA) is 37.8 Å². The van der Waals surface area contributed by atoms with Gasteiger partial charge in [0.15, 0.2) is 0 Å². The SMILES string of the molecule is Cc1nccc(CNCc2cccc(Cl)c2F)n1. The zero-order chi connectivity index (χ0) is 13.0. The Morgan fingerprint density at radius 1 is 1.28 bits per heavy atom. The fourth-order valence-corrected chi connectivity index (χ4v) is 1.81. The number of hydrogen-bond acceptors (Lipinski definition) is 3. The van der Waals surface area contributed by atoms with E-state index in [0.717, 1.165) is 11.5 Å². The van der Waals surface area contributed by atoms with Crippen LogP contribution in [0.2, 0.25) is 5.02 Å². The lowest BCUT2D eigenvalue weighted by Crippen LogP contribution is -2.15. The highest BCUT2D eigenvalue weighted by Gasteiger charge is 2.05. The van der Waals surface area contributed by atoms with Crippen molar-refractivity contribution in [3.63, 3.8) is 0 Å². The first-order chi connectivity index (χ1) is 8.66. The molecule has 1 heterocycles. The maximum absolute atomic E-state index is 13.6. The predicted molar refractivity (Wildman–Crippen MR) is 68.7 cm³/mol. The van der Waals surface area contributed by atoms with Crippen LogP contribution in [0.3, 0.4) is 0 Å². The molecule has 0 bridgehead atoms. The van der Waals surface area contributed by atoms with Gasteiger partial charge in [-0.2, -0.15) is 0 Å². The molecule has 5 heteroatoms. The van der Waals surface area contributed by atoms with E-state index >= 15 is 0 Å². The van der Waals surface area contributed by atoms with Crippen molar-refractivity contribution in [3.8, 4) is 0 Å². The van der Waals surface area contributed by atoms with E-state index in [1.54, 1.807) is 18.3 Å². The Balaban J connectivity index is 1.94. The lowest BCUT2D eigenvalue weighted by Gasteiger charge is -2.06. The van der Waals surface area contributed by atoms with E-state index in [-0.39, 0.29) is 10.8 Å². The molecule has 18 heavy (non-hydrogen) atoms. The largest absolute Gasteiger partial charge is 0.307 e. The highest BCUT2D eigenvalue weighted by atomic mass is 35.5. The van der Waals surface area contributed by atoms with Gasteiger partial charge in [0.25, 0.3) is 0 Å². The predicted octanol–water partition coefficient (Wildman–Crippen LogP) is 2.87. The van der Waals surface area contributed by atoms with Crippen molar-refractivity contribution in [2.45, 2.75) is 20.0 Å². The Hall–Kier alpha value is -1.52. The van der Waals surface area contributed by atoms with Gasteiger partial charge >= 0.3 is 0 Å². The first-order valence-electron chi connectivity index (χ1n) is 5.59. The van der Waals surface area contributed by atoms with E-state index in [2.05, 4.69) is 15.3 Å². The molecule has 0 saturated heterocycles. The van der Waals surface area contributed by atoms with Crippen LogP contribution in [0.5, 0.6) is 0 Å². The van der Waals surface area contributed by atoms with Crippen molar-refractivity contribution < 1.29 is 4.39 Å². The summed E-state index contributed by atoms with van der Waals surface area (Å²) in [7, 11) is 0. The second-order valence-corrected chi connectivity index (χ2v) is 4.32. The third kappa shape index (κ3) is 3.24. The van der Waals surface area contributed by atoms with Crippen molar-refractivity contribution in [1.82, 2.24) is 15.3 Å². The minimum Gasteiger partial charge on any atom is -0.307 e. The fraction of sp³-hybridized carbons (Fsp3) is 0.231. The maximum atomic E-state index is 13.6. The molecule has 1 N–H and O–H groups in total. The molecule has 0 fully saturated rings. The summed E-state index contributed by atoms with van der Waals surface area (Å²) in [6.45, 7) is 2.81. The zero-order valence-electron chi connectivity index (χ0n) is 9.95. The lowest BCUT2D eigenvalue weighted by molar-refractivity contribution is 0.585. The summed E-state index contributed by atoms with van der Waals surface area (Å²) in [5.41, 5.74) is 1.43. The first-order valence-corrected chi connectivity index (χ1v) is 5.97. The number of aryl methyl sites for hydroxylation is 1. The van der Waals surface area contributed by atoms with Crippen LogP contribution in [0.4, 0.5) is 4.39 Å². The van der Waals surface area contributed by atoms with Gasteiger partial charge in [-0.15, -0.1) is 0 Å². The van der Waals surface area contributed by atoms with Crippen molar-refractivity contribution in [2.75, 3.05) is 0 Å². The molecule has 2 rings (SSSR count). The van der Waals surface area contributed by atoms with E-state index in [1.165, 1.54) is 6.07 Å². The van der Waals surface area contributed by atoms with Gasteiger partial charge in [0.2, 0.25) is 0 Å². The van der Waals surface area contributed by atoms with Gasteiger partial charge < -0.3 is 5.32 Å². The molecule has 0 atom stereocenters. The van der Waals surface area contributed by atoms with E-state index < -0.39 is 0 Å². The standard InChI is InChI=1S/C13H13ClFN3/c1-9-17-6-5-11(18-9)8-16-7-10-3-2-4-12(14)13(10)15/h2-6,16H,7-8H2,1H3. The molecule has 2 aromatic rings. The summed E-state index contributed by atoms with van der Waals surface area (Å²) in [6, 6.07) is 6.80. The monoisotopic (exact) mass is 265 g/mol. The fourth-order valence-electron chi connectivity index (χ4n) is 1.61. The van der Waals surface area contributed by atoms with E-state index in [4.69, 9.17) is 11.6 Å². The Morgan fingerprint density at radius 3 is 2.89 bits per heavy atom. The van der Waals surface area contributed by atoms with Crippen molar-refractivity contribution >= 4 is 11.6 Å². The Bertz CT molecular complexity index is 546. The number of hydrogen-bond donors (Lipinski definition) is 1. The highest BCUT2D eigenvalue weighted by molar-refractivity contribution is 6.30. The van der Waals surface area contributed by atoms with Crippen molar-refractivity contribution in [1.29, 1.82) is 0 Å². The van der Waals surface area contributed by atoms with Gasteiger partial charge in [0.1, 0.15) is 11.6 Å². The van der Waals surface area contributed by atoms with Gasteiger partial charge in [-0.25, -0.2) is 14.4 Å². The molecule has 1 aromatic heterocycles. The Morgan fingerprint density at radius 2 is 2.11 bits per heavy atom. The third-order valence-electron chi connectivity index (χ3n) is 2.49. The molecule has 0 saturated carbocycles. The molecule has 1 aromatic carbocycles. The van der Waals surface area contributed by atoms with Crippen LogP contribution in [-0.2, 0) is 13.1 Å². The molecule has 0 unspecified atom stereocenters. The van der Waals surface area contributed by atoms with Crippen LogP contribution in [0.15, 0.2) is 30.5 Å². The molecular formula is C13H13ClFN3. The molecule has 3 nitrogen and oxygen atoms in total. The van der Waals surface area contributed by atoms with Crippen LogP contribution in [0, 0.1) is 12.7 Å².